The highest BCUT2D eigenvalue weighted by molar-refractivity contribution is 5.74. The molecule has 7 nitrogen and oxygen atoms in total. The van der Waals surface area contributed by atoms with E-state index in [1.807, 2.05) is 24.3 Å². The fourth-order valence-corrected chi connectivity index (χ4v) is 2.69. The highest BCUT2D eigenvalue weighted by Gasteiger charge is 2.18. The van der Waals surface area contributed by atoms with Gasteiger partial charge in [0.05, 0.1) is 6.61 Å². The third kappa shape index (κ3) is 5.06. The summed E-state index contributed by atoms with van der Waals surface area (Å²) in [5, 5.41) is 4.32. The van der Waals surface area contributed by atoms with Crippen LogP contribution in [0.25, 0.3) is 5.78 Å². The Morgan fingerprint density at radius 2 is 1.96 bits per heavy atom. The van der Waals surface area contributed by atoms with E-state index in [0.717, 1.165) is 0 Å². The highest BCUT2D eigenvalue weighted by Crippen LogP contribution is 2.24. The van der Waals surface area contributed by atoms with Crippen LogP contribution in [-0.2, 0) is 21.4 Å². The van der Waals surface area contributed by atoms with Crippen LogP contribution in [0, 0.1) is 0 Å². The fourth-order valence-electron chi connectivity index (χ4n) is 2.69. The Labute approximate surface area is 164 Å². The van der Waals surface area contributed by atoms with Gasteiger partial charge in [-0.2, -0.15) is 4.98 Å². The lowest BCUT2D eigenvalue weighted by atomic mass is 9.87. The molecule has 2 heterocycles. The van der Waals surface area contributed by atoms with Crippen molar-refractivity contribution in [3.05, 3.63) is 54.1 Å². The molecular formula is C21H26N4O3. The lowest BCUT2D eigenvalue weighted by molar-refractivity contribution is -0.151. The van der Waals surface area contributed by atoms with Crippen molar-refractivity contribution in [3.8, 4) is 5.75 Å². The van der Waals surface area contributed by atoms with Gasteiger partial charge in [0.15, 0.2) is 11.9 Å². The number of esters is 1. The van der Waals surface area contributed by atoms with E-state index >= 15 is 0 Å². The van der Waals surface area contributed by atoms with E-state index in [2.05, 4.69) is 35.8 Å². The lowest BCUT2D eigenvalue weighted by Crippen LogP contribution is -2.26. The van der Waals surface area contributed by atoms with Crippen LogP contribution in [0.2, 0.25) is 0 Å². The Morgan fingerprint density at radius 1 is 1.21 bits per heavy atom. The molecule has 0 aliphatic carbocycles. The van der Waals surface area contributed by atoms with Gasteiger partial charge in [-0.15, -0.1) is 5.10 Å². The van der Waals surface area contributed by atoms with E-state index in [1.165, 1.54) is 5.56 Å². The number of carbonyl (C=O) groups excluding carboxylic acids is 1. The number of hydrogen-bond donors (Lipinski definition) is 0. The van der Waals surface area contributed by atoms with E-state index in [4.69, 9.17) is 9.47 Å². The smallest absolute Gasteiger partial charge is 0.347 e. The third-order valence-electron chi connectivity index (χ3n) is 4.31. The van der Waals surface area contributed by atoms with Crippen LogP contribution >= 0.6 is 0 Å². The summed E-state index contributed by atoms with van der Waals surface area (Å²) in [7, 11) is 0. The molecule has 3 aromatic rings. The van der Waals surface area contributed by atoms with Crippen molar-refractivity contribution >= 4 is 11.7 Å². The van der Waals surface area contributed by atoms with Gasteiger partial charge < -0.3 is 9.47 Å². The first-order chi connectivity index (χ1) is 13.3. The second kappa shape index (κ2) is 8.37. The quantitative estimate of drug-likeness (QED) is 0.460. The number of ether oxygens (including phenoxy) is 2. The number of hydrogen-bond acceptors (Lipinski definition) is 6. The van der Waals surface area contributed by atoms with Crippen LogP contribution in [0.1, 0.15) is 45.5 Å². The molecule has 3 rings (SSSR count). The minimum Gasteiger partial charge on any atom is -0.479 e. The van der Waals surface area contributed by atoms with Gasteiger partial charge in [-0.25, -0.2) is 14.3 Å². The first-order valence-electron chi connectivity index (χ1n) is 9.43. The molecule has 0 amide bonds. The maximum atomic E-state index is 12.1. The topological polar surface area (TPSA) is 78.6 Å². The van der Waals surface area contributed by atoms with Crippen LogP contribution < -0.4 is 4.74 Å². The number of aryl methyl sites for hydroxylation is 1. The van der Waals surface area contributed by atoms with Crippen molar-refractivity contribution < 1.29 is 14.3 Å². The second-order valence-corrected chi connectivity index (χ2v) is 7.70. The Bertz CT molecular complexity index is 896. The van der Waals surface area contributed by atoms with E-state index in [1.54, 1.807) is 29.9 Å². The zero-order valence-electron chi connectivity index (χ0n) is 16.8. The first-order valence-corrected chi connectivity index (χ1v) is 9.43. The zero-order valence-corrected chi connectivity index (χ0v) is 16.8. The molecule has 1 aromatic carbocycles. The summed E-state index contributed by atoms with van der Waals surface area (Å²) in [6.45, 7) is 8.44. The van der Waals surface area contributed by atoms with Gasteiger partial charge in [-0.3, -0.25) is 0 Å². The Balaban J connectivity index is 1.42. The maximum Gasteiger partial charge on any atom is 0.347 e. The van der Waals surface area contributed by atoms with Crippen molar-refractivity contribution in [1.29, 1.82) is 0 Å². The largest absolute Gasteiger partial charge is 0.479 e. The molecule has 0 saturated heterocycles. The first kappa shape index (κ1) is 19.8. The van der Waals surface area contributed by atoms with Gasteiger partial charge in [0.2, 0.25) is 0 Å². The predicted molar refractivity (Wildman–Crippen MR) is 105 cm³/mol. The van der Waals surface area contributed by atoms with Crippen molar-refractivity contribution in [2.75, 3.05) is 6.61 Å². The maximum absolute atomic E-state index is 12.1. The molecule has 0 spiro atoms. The Kier molecular flexibility index (Phi) is 5.92. The molecule has 148 valence electrons. The normalized spacial score (nSPS) is 12.7. The zero-order chi connectivity index (χ0) is 20.1. The molecule has 2 aromatic heterocycles. The van der Waals surface area contributed by atoms with Gasteiger partial charge in [0.1, 0.15) is 5.75 Å². The molecule has 0 saturated carbocycles. The van der Waals surface area contributed by atoms with Crippen LogP contribution in [0.5, 0.6) is 5.75 Å². The van der Waals surface area contributed by atoms with Crippen LogP contribution in [0.4, 0.5) is 0 Å². The number of benzene rings is 1. The van der Waals surface area contributed by atoms with Crippen molar-refractivity contribution in [1.82, 2.24) is 19.6 Å². The van der Waals surface area contributed by atoms with Crippen molar-refractivity contribution in [2.24, 2.45) is 0 Å². The second-order valence-electron chi connectivity index (χ2n) is 7.70. The van der Waals surface area contributed by atoms with Gasteiger partial charge >= 0.3 is 5.97 Å². The molecule has 0 radical (unpaired) electrons. The molecule has 1 atom stereocenters. The average molecular weight is 382 g/mol. The molecule has 0 aliphatic heterocycles. The monoisotopic (exact) mass is 382 g/mol. The van der Waals surface area contributed by atoms with E-state index in [9.17, 15) is 4.79 Å². The summed E-state index contributed by atoms with van der Waals surface area (Å²) < 4.78 is 12.6. The summed E-state index contributed by atoms with van der Waals surface area (Å²) in [5.74, 6) is 1.51. The highest BCUT2D eigenvalue weighted by atomic mass is 16.6. The molecule has 0 unspecified atom stereocenters. The summed E-state index contributed by atoms with van der Waals surface area (Å²) in [6, 6.07) is 9.60. The third-order valence-corrected chi connectivity index (χ3v) is 4.31. The standard InChI is InChI=1S/C21H26N4O3/c1-15(28-17-10-8-16(9-11-17)21(2,3)4)19(26)27-14-5-7-18-23-20-22-12-6-13-25(20)24-18/h6,8-13,15H,5,7,14H2,1-4H3/t15-/m0/s1. The SMILES string of the molecule is C[C@H](Oc1ccc(C(C)(C)C)cc1)C(=O)OCCCc1nc2ncccn2n1. The molecule has 0 fully saturated rings. The summed E-state index contributed by atoms with van der Waals surface area (Å²) in [5.41, 5.74) is 1.29. The number of rotatable bonds is 7. The summed E-state index contributed by atoms with van der Waals surface area (Å²) in [4.78, 5) is 20.6. The number of fused-ring (bicyclic) bond motifs is 1. The molecule has 7 heteroatoms. The van der Waals surface area contributed by atoms with E-state index in [-0.39, 0.29) is 11.4 Å². The number of nitrogens with zero attached hydrogens (tertiary/aromatic N) is 4. The summed E-state index contributed by atoms with van der Waals surface area (Å²) >= 11 is 0. The lowest BCUT2D eigenvalue weighted by Gasteiger charge is -2.20. The van der Waals surface area contributed by atoms with Gasteiger partial charge in [-0.1, -0.05) is 32.9 Å². The number of carbonyl (C=O) groups is 1. The molecule has 0 aliphatic rings. The summed E-state index contributed by atoms with van der Waals surface area (Å²) in [6.07, 6.45) is 4.05. The minimum absolute atomic E-state index is 0.0783. The van der Waals surface area contributed by atoms with Crippen LogP contribution in [0.3, 0.4) is 0 Å². The minimum atomic E-state index is -0.669. The van der Waals surface area contributed by atoms with Crippen molar-refractivity contribution in [2.45, 2.75) is 52.1 Å². The molecule has 0 bridgehead atoms. The van der Waals surface area contributed by atoms with Crippen LogP contribution in [0.15, 0.2) is 42.7 Å². The average Bonchev–Trinajstić information content (AvgIpc) is 3.07. The Morgan fingerprint density at radius 3 is 2.64 bits per heavy atom. The fraction of sp³-hybridized carbons (Fsp3) is 0.429. The van der Waals surface area contributed by atoms with Crippen molar-refractivity contribution in [3.63, 3.8) is 0 Å². The molecule has 28 heavy (non-hydrogen) atoms. The molecular weight excluding hydrogens is 356 g/mol. The van der Waals surface area contributed by atoms with E-state index < -0.39 is 6.10 Å². The van der Waals surface area contributed by atoms with Gasteiger partial charge in [-0.05, 0) is 42.5 Å². The van der Waals surface area contributed by atoms with Gasteiger partial charge in [0, 0.05) is 18.8 Å². The number of aromatic nitrogens is 4. The van der Waals surface area contributed by atoms with E-state index in [0.29, 0.717) is 36.8 Å². The predicted octanol–water partition coefficient (Wildman–Crippen LogP) is 3.37. The molecule has 0 N–H and O–H groups in total. The van der Waals surface area contributed by atoms with Crippen LogP contribution in [-0.4, -0.2) is 38.3 Å². The Hall–Kier alpha value is -2.96. The van der Waals surface area contributed by atoms with Gasteiger partial charge in [0.25, 0.3) is 5.78 Å².